The first-order valence-electron chi connectivity index (χ1n) is 6.38. The van der Waals surface area contributed by atoms with Crippen LogP contribution in [0.25, 0.3) is 11.0 Å². The molecule has 1 aromatic heterocycles. The van der Waals surface area contributed by atoms with Crippen molar-refractivity contribution in [3.05, 3.63) is 54.4 Å². The summed E-state index contributed by atoms with van der Waals surface area (Å²) in [7, 11) is 3.63. The molecule has 3 rings (SSSR count). The maximum absolute atomic E-state index is 5.28. The number of aryl methyl sites for hydroxylation is 1. The van der Waals surface area contributed by atoms with Gasteiger partial charge in [0, 0.05) is 7.05 Å². The van der Waals surface area contributed by atoms with E-state index in [1.807, 2.05) is 60.1 Å². The largest absolute Gasteiger partial charge is 0.494 e. The Kier molecular flexibility index (Phi) is 3.21. The van der Waals surface area contributed by atoms with Crippen molar-refractivity contribution >= 4 is 22.9 Å². The Morgan fingerprint density at radius 3 is 2.65 bits per heavy atom. The van der Waals surface area contributed by atoms with Crippen molar-refractivity contribution in [3.63, 3.8) is 0 Å². The zero-order chi connectivity index (χ0) is 13.9. The van der Waals surface area contributed by atoms with Crippen molar-refractivity contribution in [2.24, 2.45) is 12.0 Å². The number of aliphatic imine (C=N–C) groups is 1. The first-order valence-corrected chi connectivity index (χ1v) is 6.38. The van der Waals surface area contributed by atoms with Gasteiger partial charge in [0.25, 0.3) is 0 Å². The number of hydrogen-bond donors (Lipinski definition) is 0. The highest BCUT2D eigenvalue weighted by Crippen LogP contribution is 2.26. The van der Waals surface area contributed by atoms with Crippen LogP contribution in [-0.4, -0.2) is 22.9 Å². The molecule has 4 heteroatoms. The van der Waals surface area contributed by atoms with Gasteiger partial charge in [-0.2, -0.15) is 0 Å². The molecule has 2 aromatic carbocycles. The molecule has 0 amide bonds. The number of nitrogens with zero attached hydrogens (tertiary/aromatic N) is 3. The first kappa shape index (κ1) is 12.4. The monoisotopic (exact) mass is 265 g/mol. The number of hydrogen-bond acceptors (Lipinski definition) is 3. The molecule has 0 aliphatic heterocycles. The second kappa shape index (κ2) is 5.17. The number of imidazole rings is 1. The summed E-state index contributed by atoms with van der Waals surface area (Å²) in [6.07, 6.45) is 1.76. The van der Waals surface area contributed by atoms with Gasteiger partial charge in [0.1, 0.15) is 11.4 Å². The highest BCUT2D eigenvalue weighted by molar-refractivity contribution is 5.86. The van der Waals surface area contributed by atoms with Crippen LogP contribution in [0, 0.1) is 0 Å². The maximum atomic E-state index is 5.28. The standard InChI is InChI=1S/C16H15N3O/c1-19-14-9-5-3-7-12(14)18-16(19)11-17-13-8-4-6-10-15(13)20-2/h3-11H,1-2H3. The number of methoxy groups -OCH3 is 1. The molecular weight excluding hydrogens is 250 g/mol. The minimum atomic E-state index is 0.752. The number of fused-ring (bicyclic) bond motifs is 1. The van der Waals surface area contributed by atoms with Crippen LogP contribution in [0.2, 0.25) is 0 Å². The molecule has 0 fully saturated rings. The summed E-state index contributed by atoms with van der Waals surface area (Å²) in [6, 6.07) is 15.7. The topological polar surface area (TPSA) is 39.4 Å². The van der Waals surface area contributed by atoms with E-state index < -0.39 is 0 Å². The highest BCUT2D eigenvalue weighted by Gasteiger charge is 2.05. The van der Waals surface area contributed by atoms with Crippen LogP contribution in [0.3, 0.4) is 0 Å². The van der Waals surface area contributed by atoms with Gasteiger partial charge in [-0.1, -0.05) is 24.3 Å². The lowest BCUT2D eigenvalue weighted by Gasteiger charge is -2.02. The van der Waals surface area contributed by atoms with E-state index in [-0.39, 0.29) is 0 Å². The number of para-hydroxylation sites is 4. The number of benzene rings is 2. The zero-order valence-electron chi connectivity index (χ0n) is 11.4. The summed E-state index contributed by atoms with van der Waals surface area (Å²) in [5.74, 6) is 1.57. The Bertz CT molecular complexity index is 774. The minimum absolute atomic E-state index is 0.752. The summed E-state index contributed by atoms with van der Waals surface area (Å²) >= 11 is 0. The molecule has 0 aliphatic carbocycles. The molecule has 100 valence electrons. The molecule has 0 atom stereocenters. The lowest BCUT2D eigenvalue weighted by atomic mass is 10.3. The Morgan fingerprint density at radius 1 is 1.10 bits per heavy atom. The number of ether oxygens (including phenoxy) is 1. The van der Waals surface area contributed by atoms with Gasteiger partial charge < -0.3 is 9.30 Å². The van der Waals surface area contributed by atoms with Gasteiger partial charge in [0.15, 0.2) is 5.82 Å². The van der Waals surface area contributed by atoms with Gasteiger partial charge in [0.05, 0.1) is 24.4 Å². The number of aromatic nitrogens is 2. The van der Waals surface area contributed by atoms with Gasteiger partial charge in [-0.25, -0.2) is 9.98 Å². The highest BCUT2D eigenvalue weighted by atomic mass is 16.5. The van der Waals surface area contributed by atoms with E-state index in [2.05, 4.69) is 9.98 Å². The summed E-state index contributed by atoms with van der Waals surface area (Å²) in [6.45, 7) is 0. The molecule has 0 saturated heterocycles. The van der Waals surface area contributed by atoms with Crippen molar-refractivity contribution < 1.29 is 4.74 Å². The molecule has 0 radical (unpaired) electrons. The predicted molar refractivity (Wildman–Crippen MR) is 81.0 cm³/mol. The SMILES string of the molecule is COc1ccccc1N=Cc1nc2ccccc2n1C. The van der Waals surface area contributed by atoms with Crippen molar-refractivity contribution in [1.29, 1.82) is 0 Å². The average molecular weight is 265 g/mol. The smallest absolute Gasteiger partial charge is 0.152 e. The van der Waals surface area contributed by atoms with E-state index in [1.165, 1.54) is 0 Å². The second-order valence-corrected chi connectivity index (χ2v) is 4.45. The molecule has 0 unspecified atom stereocenters. The maximum Gasteiger partial charge on any atom is 0.152 e. The lowest BCUT2D eigenvalue weighted by molar-refractivity contribution is 0.416. The van der Waals surface area contributed by atoms with E-state index in [1.54, 1.807) is 13.3 Å². The van der Waals surface area contributed by atoms with Gasteiger partial charge >= 0.3 is 0 Å². The second-order valence-electron chi connectivity index (χ2n) is 4.45. The zero-order valence-corrected chi connectivity index (χ0v) is 11.4. The van der Waals surface area contributed by atoms with Crippen molar-refractivity contribution in [1.82, 2.24) is 9.55 Å². The summed E-state index contributed by atoms with van der Waals surface area (Å²) in [4.78, 5) is 9.03. The number of rotatable bonds is 3. The molecule has 0 aliphatic rings. The van der Waals surface area contributed by atoms with Crippen LogP contribution in [-0.2, 0) is 7.05 Å². The van der Waals surface area contributed by atoms with Crippen LogP contribution in [0.1, 0.15) is 5.82 Å². The van der Waals surface area contributed by atoms with E-state index >= 15 is 0 Å². The van der Waals surface area contributed by atoms with Gasteiger partial charge in [-0.15, -0.1) is 0 Å². The van der Waals surface area contributed by atoms with Crippen LogP contribution in [0.15, 0.2) is 53.5 Å². The molecule has 1 heterocycles. The quantitative estimate of drug-likeness (QED) is 0.681. The Labute approximate surface area is 117 Å². The van der Waals surface area contributed by atoms with Crippen LogP contribution in [0.5, 0.6) is 5.75 Å². The third-order valence-corrected chi connectivity index (χ3v) is 3.23. The van der Waals surface area contributed by atoms with Gasteiger partial charge in [-0.3, -0.25) is 0 Å². The summed E-state index contributed by atoms with van der Waals surface area (Å²) < 4.78 is 7.30. The van der Waals surface area contributed by atoms with E-state index in [4.69, 9.17) is 4.74 Å². The molecule has 3 aromatic rings. The van der Waals surface area contributed by atoms with Crippen molar-refractivity contribution in [3.8, 4) is 5.75 Å². The first-order chi connectivity index (χ1) is 9.79. The fourth-order valence-electron chi connectivity index (χ4n) is 2.14. The van der Waals surface area contributed by atoms with Gasteiger partial charge in [0.2, 0.25) is 0 Å². The van der Waals surface area contributed by atoms with Crippen LogP contribution >= 0.6 is 0 Å². The van der Waals surface area contributed by atoms with E-state index in [0.717, 1.165) is 28.3 Å². The Balaban J connectivity index is 2.00. The van der Waals surface area contributed by atoms with Crippen molar-refractivity contribution in [2.45, 2.75) is 0 Å². The summed E-state index contributed by atoms with van der Waals surface area (Å²) in [5, 5.41) is 0. The minimum Gasteiger partial charge on any atom is -0.494 e. The molecule has 0 spiro atoms. The Hall–Kier alpha value is -2.62. The average Bonchev–Trinajstić information content (AvgIpc) is 2.82. The van der Waals surface area contributed by atoms with Crippen molar-refractivity contribution in [2.75, 3.05) is 7.11 Å². The molecule has 0 bridgehead atoms. The van der Waals surface area contributed by atoms with Crippen LogP contribution < -0.4 is 4.74 Å². The third kappa shape index (κ3) is 2.16. The lowest BCUT2D eigenvalue weighted by Crippen LogP contribution is -1.95. The predicted octanol–water partition coefficient (Wildman–Crippen LogP) is 3.33. The fourth-order valence-corrected chi connectivity index (χ4v) is 2.14. The van der Waals surface area contributed by atoms with Crippen LogP contribution in [0.4, 0.5) is 5.69 Å². The normalized spacial score (nSPS) is 11.3. The summed E-state index contributed by atoms with van der Waals surface area (Å²) in [5.41, 5.74) is 2.85. The van der Waals surface area contributed by atoms with Gasteiger partial charge in [-0.05, 0) is 24.3 Å². The molecule has 20 heavy (non-hydrogen) atoms. The fraction of sp³-hybridized carbons (Fsp3) is 0.125. The molecule has 4 nitrogen and oxygen atoms in total. The molecular formula is C16H15N3O. The third-order valence-electron chi connectivity index (χ3n) is 3.23. The van der Waals surface area contributed by atoms with E-state index in [0.29, 0.717) is 0 Å². The molecule has 0 saturated carbocycles. The van der Waals surface area contributed by atoms with E-state index in [9.17, 15) is 0 Å². The molecule has 0 N–H and O–H groups in total. The Morgan fingerprint density at radius 2 is 1.85 bits per heavy atom.